The molecule has 0 saturated carbocycles. The van der Waals surface area contributed by atoms with Crippen LogP contribution in [0.5, 0.6) is 0 Å². The first kappa shape index (κ1) is 12.6. The molecule has 1 aromatic heterocycles. The van der Waals surface area contributed by atoms with Crippen molar-refractivity contribution in [1.29, 1.82) is 0 Å². The third-order valence-corrected chi connectivity index (χ3v) is 2.74. The molecule has 0 fully saturated rings. The van der Waals surface area contributed by atoms with Gasteiger partial charge < -0.3 is 10.5 Å². The van der Waals surface area contributed by atoms with Gasteiger partial charge in [0, 0.05) is 15.1 Å². The van der Waals surface area contributed by atoms with Crippen LogP contribution in [0, 0.1) is 0 Å². The summed E-state index contributed by atoms with van der Waals surface area (Å²) in [6.07, 6.45) is 1.58. The number of carbonyl (C=O) groups excluding carboxylic acids is 1. The minimum absolute atomic E-state index is 0.306. The average molecular weight is 338 g/mol. The van der Waals surface area contributed by atoms with E-state index in [2.05, 4.69) is 36.8 Å². The van der Waals surface area contributed by atoms with E-state index in [0.29, 0.717) is 16.8 Å². The average Bonchev–Trinajstić information content (AvgIpc) is 2.17. The molecule has 1 unspecified atom stereocenters. The van der Waals surface area contributed by atoms with Gasteiger partial charge in [0.2, 0.25) is 0 Å². The summed E-state index contributed by atoms with van der Waals surface area (Å²) in [6.45, 7) is 2.04. The smallest absolute Gasteiger partial charge is 0.329 e. The van der Waals surface area contributed by atoms with Crippen LogP contribution in [0.3, 0.4) is 0 Å². The Morgan fingerprint density at radius 1 is 1.67 bits per heavy atom. The van der Waals surface area contributed by atoms with E-state index in [4.69, 9.17) is 10.5 Å². The topological polar surface area (TPSA) is 65.2 Å². The van der Waals surface area contributed by atoms with Crippen LogP contribution in [0.25, 0.3) is 0 Å². The van der Waals surface area contributed by atoms with Crippen molar-refractivity contribution in [2.75, 3.05) is 6.61 Å². The van der Waals surface area contributed by atoms with E-state index in [9.17, 15) is 4.79 Å². The number of hydrogen-bond acceptors (Lipinski definition) is 4. The Labute approximate surface area is 104 Å². The van der Waals surface area contributed by atoms with Crippen LogP contribution in [0.4, 0.5) is 0 Å². The lowest BCUT2D eigenvalue weighted by molar-refractivity contribution is -0.144. The van der Waals surface area contributed by atoms with Crippen molar-refractivity contribution in [3.8, 4) is 0 Å². The minimum atomic E-state index is -0.854. The highest BCUT2D eigenvalue weighted by Gasteiger charge is 2.20. The number of nitrogens with two attached hydrogens (primary N) is 1. The largest absolute Gasteiger partial charge is 0.465 e. The molecule has 0 bridgehead atoms. The fourth-order valence-corrected chi connectivity index (χ4v) is 2.23. The van der Waals surface area contributed by atoms with E-state index in [0.717, 1.165) is 4.47 Å². The molecule has 0 aliphatic carbocycles. The van der Waals surface area contributed by atoms with E-state index in [1.165, 1.54) is 0 Å². The molecule has 0 spiro atoms. The predicted molar refractivity (Wildman–Crippen MR) is 63.2 cm³/mol. The Morgan fingerprint density at radius 2 is 2.33 bits per heavy atom. The lowest BCUT2D eigenvalue weighted by Crippen LogP contribution is -2.25. The maximum Gasteiger partial charge on any atom is 0.329 e. The van der Waals surface area contributed by atoms with Gasteiger partial charge in [-0.1, -0.05) is 0 Å². The van der Waals surface area contributed by atoms with E-state index in [-0.39, 0.29) is 0 Å². The molecule has 1 heterocycles. The van der Waals surface area contributed by atoms with Gasteiger partial charge in [0.15, 0.2) is 0 Å². The second-order valence-electron chi connectivity index (χ2n) is 2.75. The highest BCUT2D eigenvalue weighted by molar-refractivity contribution is 9.11. The first-order valence-corrected chi connectivity index (χ1v) is 5.88. The van der Waals surface area contributed by atoms with Gasteiger partial charge in [0.1, 0.15) is 6.04 Å². The summed E-state index contributed by atoms with van der Waals surface area (Å²) in [4.78, 5) is 15.4. The molecule has 6 heteroatoms. The lowest BCUT2D eigenvalue weighted by Gasteiger charge is -2.11. The molecule has 1 aromatic rings. The second-order valence-corrected chi connectivity index (χ2v) is 4.52. The summed E-state index contributed by atoms with van der Waals surface area (Å²) in [5, 5.41) is 0. The van der Waals surface area contributed by atoms with Crippen molar-refractivity contribution >= 4 is 37.8 Å². The van der Waals surface area contributed by atoms with Crippen LogP contribution in [-0.4, -0.2) is 17.6 Å². The van der Waals surface area contributed by atoms with Crippen LogP contribution in [0.2, 0.25) is 0 Å². The number of nitrogens with zero attached hydrogens (tertiary/aromatic N) is 1. The standard InChI is InChI=1S/C9H10Br2N2O2/c1-2-15-9(14)7(12)8-6(11)3-5(10)4-13-8/h3-4,7H,2,12H2,1H3. The summed E-state index contributed by atoms with van der Waals surface area (Å²) < 4.78 is 6.30. The Kier molecular flexibility index (Phi) is 4.69. The van der Waals surface area contributed by atoms with Crippen LogP contribution in [-0.2, 0) is 9.53 Å². The molecule has 4 nitrogen and oxygen atoms in total. The normalized spacial score (nSPS) is 12.3. The Balaban J connectivity index is 2.91. The molecular formula is C9H10Br2N2O2. The maximum atomic E-state index is 11.4. The van der Waals surface area contributed by atoms with E-state index in [1.807, 2.05) is 0 Å². The van der Waals surface area contributed by atoms with Gasteiger partial charge in [0.25, 0.3) is 0 Å². The number of rotatable bonds is 3. The quantitative estimate of drug-likeness (QED) is 0.858. The zero-order valence-electron chi connectivity index (χ0n) is 8.04. The van der Waals surface area contributed by atoms with Crippen molar-refractivity contribution in [1.82, 2.24) is 4.98 Å². The molecule has 2 N–H and O–H groups in total. The molecule has 1 rings (SSSR count). The summed E-state index contributed by atoms with van der Waals surface area (Å²) >= 11 is 6.55. The zero-order valence-corrected chi connectivity index (χ0v) is 11.2. The molecule has 1 atom stereocenters. The van der Waals surface area contributed by atoms with Gasteiger partial charge in [-0.2, -0.15) is 0 Å². The molecule has 0 radical (unpaired) electrons. The number of aromatic nitrogens is 1. The van der Waals surface area contributed by atoms with Crippen molar-refractivity contribution in [3.05, 3.63) is 26.9 Å². The van der Waals surface area contributed by atoms with Crippen molar-refractivity contribution in [2.24, 2.45) is 5.73 Å². The van der Waals surface area contributed by atoms with Gasteiger partial charge in [0.05, 0.1) is 12.3 Å². The number of ether oxygens (including phenoxy) is 1. The number of halogens is 2. The number of carbonyl (C=O) groups is 1. The number of esters is 1. The van der Waals surface area contributed by atoms with Crippen molar-refractivity contribution in [2.45, 2.75) is 13.0 Å². The number of pyridine rings is 1. The summed E-state index contributed by atoms with van der Waals surface area (Å²) in [5.41, 5.74) is 6.16. The third kappa shape index (κ3) is 3.25. The summed E-state index contributed by atoms with van der Waals surface area (Å²) in [7, 11) is 0. The predicted octanol–water partition coefficient (Wildman–Crippen LogP) is 2.17. The van der Waals surface area contributed by atoms with E-state index in [1.54, 1.807) is 19.2 Å². The highest BCUT2D eigenvalue weighted by Crippen LogP contribution is 2.23. The first-order chi connectivity index (χ1) is 7.06. The van der Waals surface area contributed by atoms with Gasteiger partial charge in [-0.3, -0.25) is 4.98 Å². The third-order valence-electron chi connectivity index (χ3n) is 1.67. The fourth-order valence-electron chi connectivity index (χ4n) is 0.998. The Hall–Kier alpha value is -0.460. The molecular weight excluding hydrogens is 328 g/mol. The van der Waals surface area contributed by atoms with Crippen molar-refractivity contribution < 1.29 is 9.53 Å². The molecule has 0 amide bonds. The molecule has 82 valence electrons. The summed E-state index contributed by atoms with van der Waals surface area (Å²) in [6, 6.07) is 0.925. The SMILES string of the molecule is CCOC(=O)C(N)c1ncc(Br)cc1Br. The molecule has 0 aromatic carbocycles. The molecule has 15 heavy (non-hydrogen) atoms. The van der Waals surface area contributed by atoms with Gasteiger partial charge in [-0.15, -0.1) is 0 Å². The zero-order chi connectivity index (χ0) is 11.4. The highest BCUT2D eigenvalue weighted by atomic mass is 79.9. The fraction of sp³-hybridized carbons (Fsp3) is 0.333. The second kappa shape index (κ2) is 5.58. The van der Waals surface area contributed by atoms with Crippen LogP contribution in [0.1, 0.15) is 18.7 Å². The monoisotopic (exact) mass is 336 g/mol. The van der Waals surface area contributed by atoms with E-state index < -0.39 is 12.0 Å². The van der Waals surface area contributed by atoms with Crippen LogP contribution >= 0.6 is 31.9 Å². The Morgan fingerprint density at radius 3 is 2.87 bits per heavy atom. The van der Waals surface area contributed by atoms with Gasteiger partial charge in [-0.05, 0) is 44.8 Å². The number of hydrogen-bond donors (Lipinski definition) is 1. The molecule has 0 aliphatic rings. The van der Waals surface area contributed by atoms with Gasteiger partial charge in [-0.25, -0.2) is 4.79 Å². The lowest BCUT2D eigenvalue weighted by atomic mass is 10.2. The Bertz CT molecular complexity index is 371. The molecule has 0 saturated heterocycles. The van der Waals surface area contributed by atoms with Crippen molar-refractivity contribution in [3.63, 3.8) is 0 Å². The first-order valence-electron chi connectivity index (χ1n) is 4.29. The minimum Gasteiger partial charge on any atom is -0.465 e. The maximum absolute atomic E-state index is 11.4. The van der Waals surface area contributed by atoms with Crippen LogP contribution < -0.4 is 5.73 Å². The van der Waals surface area contributed by atoms with Crippen LogP contribution in [0.15, 0.2) is 21.2 Å². The van der Waals surface area contributed by atoms with Gasteiger partial charge >= 0.3 is 5.97 Å². The van der Waals surface area contributed by atoms with E-state index >= 15 is 0 Å². The summed E-state index contributed by atoms with van der Waals surface area (Å²) in [5.74, 6) is -0.479. The molecule has 0 aliphatic heterocycles.